The highest BCUT2D eigenvalue weighted by Crippen LogP contribution is 2.33. The molecule has 1 N–H and O–H groups in total. The Labute approximate surface area is 176 Å². The van der Waals surface area contributed by atoms with Gasteiger partial charge in [0, 0.05) is 34.9 Å². The number of halogens is 1. The molecule has 0 radical (unpaired) electrons. The van der Waals surface area contributed by atoms with Crippen LogP contribution in [0.15, 0.2) is 59.6 Å². The summed E-state index contributed by atoms with van der Waals surface area (Å²) in [6.07, 6.45) is 3.48. The van der Waals surface area contributed by atoms with Crippen LogP contribution in [0.3, 0.4) is 0 Å². The van der Waals surface area contributed by atoms with Gasteiger partial charge in [-0.3, -0.25) is 19.3 Å². The predicted octanol–water partition coefficient (Wildman–Crippen LogP) is 4.48. The molecule has 0 saturated carbocycles. The fraction of sp³-hybridized carbons (Fsp3) is 0.136. The summed E-state index contributed by atoms with van der Waals surface area (Å²) in [6.45, 7) is 2.13. The molecule has 8 heteroatoms. The van der Waals surface area contributed by atoms with Crippen LogP contribution in [0.4, 0.5) is 14.9 Å². The Balaban J connectivity index is 1.62. The van der Waals surface area contributed by atoms with Gasteiger partial charge in [0.25, 0.3) is 11.1 Å². The molecule has 1 aliphatic heterocycles. The van der Waals surface area contributed by atoms with Gasteiger partial charge in [0.05, 0.1) is 4.91 Å². The van der Waals surface area contributed by atoms with E-state index < -0.39 is 0 Å². The molecule has 1 aromatic heterocycles. The zero-order valence-corrected chi connectivity index (χ0v) is 16.9. The lowest BCUT2D eigenvalue weighted by Gasteiger charge is -2.07. The van der Waals surface area contributed by atoms with Gasteiger partial charge in [-0.1, -0.05) is 18.2 Å². The minimum atomic E-state index is -0.374. The molecule has 2 aromatic carbocycles. The molecule has 0 spiro atoms. The van der Waals surface area contributed by atoms with Crippen LogP contribution >= 0.6 is 11.8 Å². The first-order valence-electron chi connectivity index (χ1n) is 9.35. The van der Waals surface area contributed by atoms with E-state index in [1.165, 1.54) is 29.2 Å². The van der Waals surface area contributed by atoms with Crippen LogP contribution in [0, 0.1) is 5.82 Å². The van der Waals surface area contributed by atoms with Crippen LogP contribution in [0.1, 0.15) is 12.5 Å². The van der Waals surface area contributed by atoms with Gasteiger partial charge in [-0.15, -0.1) is 0 Å². The highest BCUT2D eigenvalue weighted by molar-refractivity contribution is 8.18. The van der Waals surface area contributed by atoms with Crippen molar-refractivity contribution >= 4 is 51.5 Å². The quantitative estimate of drug-likeness (QED) is 0.615. The summed E-state index contributed by atoms with van der Waals surface area (Å²) >= 11 is 0.915. The van der Waals surface area contributed by atoms with Crippen LogP contribution in [-0.4, -0.2) is 33.1 Å². The largest absolute Gasteiger partial charge is 0.337 e. The van der Waals surface area contributed by atoms with Gasteiger partial charge in [-0.05, 0) is 55.1 Å². The van der Waals surface area contributed by atoms with Crippen molar-refractivity contribution in [2.45, 2.75) is 13.5 Å². The second-order valence-electron chi connectivity index (χ2n) is 6.71. The third-order valence-corrected chi connectivity index (χ3v) is 5.65. The molecular weight excluding hydrogens is 405 g/mol. The van der Waals surface area contributed by atoms with Crippen molar-refractivity contribution < 1.29 is 18.8 Å². The molecule has 0 atom stereocenters. The summed E-state index contributed by atoms with van der Waals surface area (Å²) in [5, 5.41) is 3.33. The molecule has 30 heavy (non-hydrogen) atoms. The third-order valence-electron chi connectivity index (χ3n) is 4.74. The number of hydrogen-bond acceptors (Lipinski definition) is 4. The molecule has 0 bridgehead atoms. The highest BCUT2D eigenvalue weighted by Gasteiger charge is 2.33. The van der Waals surface area contributed by atoms with Crippen molar-refractivity contribution in [3.63, 3.8) is 0 Å². The second kappa shape index (κ2) is 8.16. The maximum atomic E-state index is 13.0. The number of fused-ring (bicyclic) bond motifs is 1. The summed E-state index contributed by atoms with van der Waals surface area (Å²) in [4.78, 5) is 38.4. The number of para-hydroxylation sites is 1. The van der Waals surface area contributed by atoms with E-state index in [1.807, 2.05) is 24.3 Å². The molecule has 4 rings (SSSR count). The number of carbonyl (C=O) groups is 3. The van der Waals surface area contributed by atoms with Gasteiger partial charge in [-0.25, -0.2) is 4.39 Å². The van der Waals surface area contributed by atoms with E-state index in [-0.39, 0.29) is 29.4 Å². The first kappa shape index (κ1) is 19.9. The number of anilines is 1. The lowest BCUT2D eigenvalue weighted by molar-refractivity contribution is -0.122. The molecule has 1 aliphatic rings. The van der Waals surface area contributed by atoms with Crippen LogP contribution in [0.2, 0.25) is 0 Å². The Morgan fingerprint density at radius 3 is 2.57 bits per heavy atom. The van der Waals surface area contributed by atoms with E-state index in [9.17, 15) is 18.8 Å². The summed E-state index contributed by atoms with van der Waals surface area (Å²) in [7, 11) is 0. The number of aromatic nitrogens is 1. The van der Waals surface area contributed by atoms with Crippen LogP contribution < -0.4 is 5.32 Å². The number of thioether (sulfide) groups is 1. The molecular formula is C22H18FN3O3S. The van der Waals surface area contributed by atoms with Gasteiger partial charge < -0.3 is 9.88 Å². The Bertz CT molecular complexity index is 1180. The van der Waals surface area contributed by atoms with E-state index >= 15 is 0 Å². The summed E-state index contributed by atoms with van der Waals surface area (Å²) in [5.41, 5.74) is 2.08. The Morgan fingerprint density at radius 1 is 1.13 bits per heavy atom. The summed E-state index contributed by atoms with van der Waals surface area (Å²) in [6, 6.07) is 13.1. The minimum Gasteiger partial charge on any atom is -0.337 e. The van der Waals surface area contributed by atoms with E-state index in [1.54, 1.807) is 23.8 Å². The monoisotopic (exact) mass is 423 g/mol. The molecule has 152 valence electrons. The number of hydrogen-bond donors (Lipinski definition) is 1. The number of carbonyl (C=O) groups excluding carboxylic acids is 3. The Morgan fingerprint density at radius 2 is 1.87 bits per heavy atom. The molecule has 3 aromatic rings. The molecule has 1 saturated heterocycles. The smallest absolute Gasteiger partial charge is 0.293 e. The van der Waals surface area contributed by atoms with E-state index in [2.05, 4.69) is 5.32 Å². The fourth-order valence-corrected chi connectivity index (χ4v) is 4.22. The van der Waals surface area contributed by atoms with Crippen molar-refractivity contribution in [1.82, 2.24) is 9.47 Å². The molecule has 6 nitrogen and oxygen atoms in total. The molecule has 1 fully saturated rings. The highest BCUT2D eigenvalue weighted by atomic mass is 32.2. The van der Waals surface area contributed by atoms with Crippen molar-refractivity contribution in [3.8, 4) is 0 Å². The molecule has 2 heterocycles. The topological polar surface area (TPSA) is 71.4 Å². The number of benzene rings is 2. The number of rotatable bonds is 5. The van der Waals surface area contributed by atoms with Gasteiger partial charge >= 0.3 is 0 Å². The predicted molar refractivity (Wildman–Crippen MR) is 115 cm³/mol. The van der Waals surface area contributed by atoms with Gasteiger partial charge in [0.15, 0.2) is 0 Å². The first-order valence-corrected chi connectivity index (χ1v) is 10.2. The zero-order chi connectivity index (χ0) is 21.3. The van der Waals surface area contributed by atoms with Crippen LogP contribution in [0.25, 0.3) is 17.0 Å². The summed E-state index contributed by atoms with van der Waals surface area (Å²) in [5.74, 6) is -0.944. The molecule has 0 aliphatic carbocycles. The van der Waals surface area contributed by atoms with Gasteiger partial charge in [0.2, 0.25) is 5.91 Å². The maximum absolute atomic E-state index is 13.0. The van der Waals surface area contributed by atoms with Crippen molar-refractivity contribution in [1.29, 1.82) is 0 Å². The van der Waals surface area contributed by atoms with Gasteiger partial charge in [-0.2, -0.15) is 0 Å². The fourth-order valence-electron chi connectivity index (χ4n) is 3.32. The van der Waals surface area contributed by atoms with Gasteiger partial charge in [0.1, 0.15) is 12.4 Å². The Hall–Kier alpha value is -3.39. The lowest BCUT2D eigenvalue weighted by atomic mass is 10.1. The van der Waals surface area contributed by atoms with E-state index in [0.717, 1.165) is 28.2 Å². The standard InChI is InChI=1S/C22H18FN3O3S/c1-2-26-21(28)19(30-22(26)29)11-14-12-25(18-6-4-3-5-17(14)18)13-20(27)24-16-9-7-15(23)8-10-16/h3-12H,2,13H2,1H3,(H,24,27)/b19-11-. The van der Waals surface area contributed by atoms with E-state index in [0.29, 0.717) is 17.1 Å². The summed E-state index contributed by atoms with van der Waals surface area (Å²) < 4.78 is 14.8. The number of likely N-dealkylation sites (N-methyl/N-ethyl adjacent to an activating group) is 1. The first-order chi connectivity index (χ1) is 14.5. The van der Waals surface area contributed by atoms with Crippen LogP contribution in [0.5, 0.6) is 0 Å². The average molecular weight is 423 g/mol. The van der Waals surface area contributed by atoms with Crippen molar-refractivity contribution in [2.24, 2.45) is 0 Å². The third kappa shape index (κ3) is 3.86. The lowest BCUT2D eigenvalue weighted by Crippen LogP contribution is -2.27. The van der Waals surface area contributed by atoms with Crippen LogP contribution in [-0.2, 0) is 16.1 Å². The minimum absolute atomic E-state index is 0.0438. The van der Waals surface area contributed by atoms with E-state index in [4.69, 9.17) is 0 Å². The number of amides is 3. The zero-order valence-electron chi connectivity index (χ0n) is 16.1. The molecule has 0 unspecified atom stereocenters. The molecule has 3 amide bonds. The average Bonchev–Trinajstić information content (AvgIpc) is 3.20. The van der Waals surface area contributed by atoms with Crippen molar-refractivity contribution in [2.75, 3.05) is 11.9 Å². The normalized spacial score (nSPS) is 15.4. The number of nitrogens with one attached hydrogen (secondary N) is 1. The maximum Gasteiger partial charge on any atom is 0.293 e. The van der Waals surface area contributed by atoms with Crippen molar-refractivity contribution in [3.05, 3.63) is 71.0 Å². The second-order valence-corrected chi connectivity index (χ2v) is 7.70. The number of imide groups is 1. The SMILES string of the molecule is CCN1C(=O)S/C(=C\c2cn(CC(=O)Nc3ccc(F)cc3)c3ccccc23)C1=O. The Kier molecular flexibility index (Phi) is 5.41. The number of nitrogens with zero attached hydrogens (tertiary/aromatic N) is 2.